The second kappa shape index (κ2) is 6.17. The number of nitro groups is 1. The molecule has 2 aromatic rings. The first kappa shape index (κ1) is 14.7. The molecule has 21 heavy (non-hydrogen) atoms. The second-order valence-corrected chi connectivity index (χ2v) is 4.49. The van der Waals surface area contributed by atoms with Gasteiger partial charge in [0.05, 0.1) is 11.5 Å². The van der Waals surface area contributed by atoms with Crippen molar-refractivity contribution in [3.8, 4) is 17.0 Å². The molecule has 0 saturated carbocycles. The Morgan fingerprint density at radius 3 is 2.52 bits per heavy atom. The Labute approximate surface area is 121 Å². The van der Waals surface area contributed by atoms with Gasteiger partial charge in [0.25, 0.3) is 0 Å². The number of hydrogen-bond donors (Lipinski definition) is 1. The Morgan fingerprint density at radius 1 is 1.29 bits per heavy atom. The molecule has 0 saturated heterocycles. The highest BCUT2D eigenvalue weighted by Gasteiger charge is 2.22. The number of nitrogens with two attached hydrogens (primary N) is 1. The molecule has 1 aromatic carbocycles. The van der Waals surface area contributed by atoms with Crippen LogP contribution in [0.4, 0.5) is 11.6 Å². The molecule has 0 unspecified atom stereocenters. The van der Waals surface area contributed by atoms with Gasteiger partial charge in [0.2, 0.25) is 5.95 Å². The Bertz CT molecular complexity index is 656. The third kappa shape index (κ3) is 3.25. The van der Waals surface area contributed by atoms with Crippen molar-refractivity contribution in [2.75, 3.05) is 12.3 Å². The summed E-state index contributed by atoms with van der Waals surface area (Å²) in [5, 5.41) is 11.2. The van der Waals surface area contributed by atoms with Crippen LogP contribution in [0.15, 0.2) is 24.3 Å². The molecule has 0 fully saturated rings. The summed E-state index contributed by atoms with van der Waals surface area (Å²) >= 11 is 0. The fourth-order valence-corrected chi connectivity index (χ4v) is 1.94. The van der Waals surface area contributed by atoms with Gasteiger partial charge in [-0.15, -0.1) is 0 Å². The van der Waals surface area contributed by atoms with Gasteiger partial charge in [0.1, 0.15) is 11.4 Å². The van der Waals surface area contributed by atoms with E-state index in [1.165, 1.54) is 0 Å². The van der Waals surface area contributed by atoms with E-state index >= 15 is 0 Å². The number of aryl methyl sites for hydroxylation is 1. The lowest BCUT2D eigenvalue weighted by Crippen LogP contribution is -2.04. The van der Waals surface area contributed by atoms with E-state index in [1.54, 1.807) is 31.2 Å². The smallest absolute Gasteiger partial charge is 0.316 e. The first-order valence-corrected chi connectivity index (χ1v) is 6.54. The average Bonchev–Trinajstić information content (AvgIpc) is 2.44. The number of nitrogens with zero attached hydrogens (tertiary/aromatic N) is 3. The van der Waals surface area contributed by atoms with Gasteiger partial charge in [-0.05, 0) is 37.6 Å². The summed E-state index contributed by atoms with van der Waals surface area (Å²) in [7, 11) is 0. The van der Waals surface area contributed by atoms with Crippen LogP contribution in [0, 0.1) is 17.0 Å². The maximum atomic E-state index is 11.2. The zero-order valence-electron chi connectivity index (χ0n) is 11.9. The normalized spacial score (nSPS) is 10.4. The predicted molar refractivity (Wildman–Crippen MR) is 79.1 cm³/mol. The van der Waals surface area contributed by atoms with E-state index in [4.69, 9.17) is 10.5 Å². The Morgan fingerprint density at radius 2 is 1.95 bits per heavy atom. The highest BCUT2D eigenvalue weighted by Crippen LogP contribution is 2.31. The average molecular weight is 288 g/mol. The van der Waals surface area contributed by atoms with E-state index in [-0.39, 0.29) is 23.0 Å². The Hall–Kier alpha value is -2.70. The first-order valence-electron chi connectivity index (χ1n) is 6.54. The lowest BCUT2D eigenvalue weighted by molar-refractivity contribution is -0.385. The SMILES string of the molecule is CCCOc1ccc(-c2nc(N)nc(C)c2[N+](=O)[O-])cc1. The van der Waals surface area contributed by atoms with Gasteiger partial charge in [0, 0.05) is 5.56 Å². The molecule has 110 valence electrons. The minimum absolute atomic E-state index is 0.0133. The number of ether oxygens (including phenoxy) is 1. The van der Waals surface area contributed by atoms with Crippen molar-refractivity contribution in [3.05, 3.63) is 40.1 Å². The lowest BCUT2D eigenvalue weighted by atomic mass is 10.1. The molecule has 0 bridgehead atoms. The second-order valence-electron chi connectivity index (χ2n) is 4.49. The molecule has 2 rings (SSSR count). The molecule has 0 aliphatic carbocycles. The topological polar surface area (TPSA) is 104 Å². The zero-order chi connectivity index (χ0) is 15.4. The molecule has 0 amide bonds. The van der Waals surface area contributed by atoms with Crippen molar-refractivity contribution in [1.82, 2.24) is 9.97 Å². The van der Waals surface area contributed by atoms with Crippen LogP contribution in [0.1, 0.15) is 19.0 Å². The van der Waals surface area contributed by atoms with Crippen LogP contribution >= 0.6 is 0 Å². The molecular weight excluding hydrogens is 272 g/mol. The summed E-state index contributed by atoms with van der Waals surface area (Å²) in [6, 6.07) is 6.95. The molecule has 1 aromatic heterocycles. The van der Waals surface area contributed by atoms with Crippen LogP contribution in [0.3, 0.4) is 0 Å². The maximum Gasteiger partial charge on any atom is 0.316 e. The van der Waals surface area contributed by atoms with Gasteiger partial charge >= 0.3 is 5.69 Å². The van der Waals surface area contributed by atoms with Crippen LogP contribution in [-0.2, 0) is 0 Å². The largest absolute Gasteiger partial charge is 0.494 e. The van der Waals surface area contributed by atoms with Crippen molar-refractivity contribution < 1.29 is 9.66 Å². The number of nitrogen functional groups attached to an aromatic ring is 1. The van der Waals surface area contributed by atoms with E-state index in [1.807, 2.05) is 6.92 Å². The van der Waals surface area contributed by atoms with E-state index in [0.717, 1.165) is 6.42 Å². The summed E-state index contributed by atoms with van der Waals surface area (Å²) in [4.78, 5) is 18.5. The van der Waals surface area contributed by atoms with Crippen molar-refractivity contribution >= 4 is 11.6 Å². The summed E-state index contributed by atoms with van der Waals surface area (Å²) in [5.74, 6) is 0.724. The molecule has 0 spiro atoms. The van der Waals surface area contributed by atoms with Crippen molar-refractivity contribution in [1.29, 1.82) is 0 Å². The Balaban J connectivity index is 2.44. The van der Waals surface area contributed by atoms with Gasteiger partial charge in [-0.2, -0.15) is 0 Å². The van der Waals surface area contributed by atoms with Gasteiger partial charge in [0.15, 0.2) is 5.69 Å². The number of rotatable bonds is 5. The van der Waals surface area contributed by atoms with Gasteiger partial charge in [-0.25, -0.2) is 9.97 Å². The summed E-state index contributed by atoms with van der Waals surface area (Å²) in [6.45, 7) is 4.18. The van der Waals surface area contributed by atoms with Gasteiger partial charge in [-0.3, -0.25) is 10.1 Å². The number of benzene rings is 1. The number of hydrogen-bond acceptors (Lipinski definition) is 6. The van der Waals surface area contributed by atoms with Crippen LogP contribution in [0.25, 0.3) is 11.3 Å². The Kier molecular flexibility index (Phi) is 4.32. The fourth-order valence-electron chi connectivity index (χ4n) is 1.94. The van der Waals surface area contributed by atoms with Crippen LogP contribution in [0.5, 0.6) is 5.75 Å². The molecule has 1 heterocycles. The van der Waals surface area contributed by atoms with Crippen LogP contribution < -0.4 is 10.5 Å². The van der Waals surface area contributed by atoms with E-state index < -0.39 is 4.92 Å². The fraction of sp³-hybridized carbons (Fsp3) is 0.286. The number of aromatic nitrogens is 2. The van der Waals surface area contributed by atoms with Crippen molar-refractivity contribution in [2.24, 2.45) is 0 Å². The standard InChI is InChI=1S/C14H16N4O3/c1-3-8-21-11-6-4-10(5-7-11)12-13(18(19)20)9(2)16-14(15)17-12/h4-7H,3,8H2,1-2H3,(H2,15,16,17). The minimum atomic E-state index is -0.494. The van der Waals surface area contributed by atoms with Gasteiger partial charge < -0.3 is 10.5 Å². The van der Waals surface area contributed by atoms with Crippen molar-refractivity contribution in [2.45, 2.75) is 20.3 Å². The third-order valence-electron chi connectivity index (χ3n) is 2.86. The molecule has 0 radical (unpaired) electrons. The molecule has 7 heteroatoms. The van der Waals surface area contributed by atoms with Crippen LogP contribution in [-0.4, -0.2) is 21.5 Å². The molecular formula is C14H16N4O3. The van der Waals surface area contributed by atoms with E-state index in [9.17, 15) is 10.1 Å². The number of anilines is 1. The summed E-state index contributed by atoms with van der Waals surface area (Å²) in [6.07, 6.45) is 0.912. The quantitative estimate of drug-likeness (QED) is 0.670. The molecule has 0 atom stereocenters. The highest BCUT2D eigenvalue weighted by molar-refractivity contribution is 5.72. The lowest BCUT2D eigenvalue weighted by Gasteiger charge is -2.07. The van der Waals surface area contributed by atoms with E-state index in [2.05, 4.69) is 9.97 Å². The summed E-state index contributed by atoms with van der Waals surface area (Å²) < 4.78 is 5.48. The third-order valence-corrected chi connectivity index (χ3v) is 2.86. The van der Waals surface area contributed by atoms with Gasteiger partial charge in [-0.1, -0.05) is 6.92 Å². The summed E-state index contributed by atoms with van der Waals surface area (Å²) in [5.41, 5.74) is 6.52. The molecule has 2 N–H and O–H groups in total. The first-order chi connectivity index (χ1) is 10.0. The monoisotopic (exact) mass is 288 g/mol. The van der Waals surface area contributed by atoms with E-state index in [0.29, 0.717) is 17.9 Å². The van der Waals surface area contributed by atoms with Crippen LogP contribution in [0.2, 0.25) is 0 Å². The molecule has 0 aliphatic rings. The zero-order valence-corrected chi connectivity index (χ0v) is 11.9. The maximum absolute atomic E-state index is 11.2. The predicted octanol–water partition coefficient (Wildman–Crippen LogP) is 2.73. The molecule has 7 nitrogen and oxygen atoms in total. The minimum Gasteiger partial charge on any atom is -0.494 e. The van der Waals surface area contributed by atoms with Crippen molar-refractivity contribution in [3.63, 3.8) is 0 Å². The highest BCUT2D eigenvalue weighted by atomic mass is 16.6. The molecule has 0 aliphatic heterocycles.